The number of carboxylic acid groups (broad SMARTS) is 1. The number of hydrogen-bond donors (Lipinski definition) is 5. The molecular weight excluding hydrogens is 210 g/mol. The molecule has 0 unspecified atom stereocenters. The highest BCUT2D eigenvalue weighted by atomic mass is 16.5. The first kappa shape index (κ1) is 12.2. The summed E-state index contributed by atoms with van der Waals surface area (Å²) in [6.07, 6.45) is 0.182. The summed E-state index contributed by atoms with van der Waals surface area (Å²) in [6, 6.07) is 5.66. The van der Waals surface area contributed by atoms with E-state index in [1.807, 2.05) is 0 Å². The molecule has 0 bridgehead atoms. The van der Waals surface area contributed by atoms with E-state index < -0.39 is 12.0 Å². The fourth-order valence-electron chi connectivity index (χ4n) is 1.26. The van der Waals surface area contributed by atoms with Crippen molar-refractivity contribution in [3.63, 3.8) is 0 Å². The SMILES string of the molecule is N=C(NO)c1cccc(C[C@@H](N)C(=O)O)c1. The van der Waals surface area contributed by atoms with Gasteiger partial charge in [0.1, 0.15) is 11.9 Å². The first-order valence-corrected chi connectivity index (χ1v) is 4.61. The molecule has 1 aromatic rings. The summed E-state index contributed by atoms with van der Waals surface area (Å²) < 4.78 is 0. The molecule has 0 saturated heterocycles. The van der Waals surface area contributed by atoms with Gasteiger partial charge in [-0.2, -0.15) is 0 Å². The lowest BCUT2D eigenvalue weighted by Gasteiger charge is -2.08. The number of carboxylic acids is 1. The zero-order valence-corrected chi connectivity index (χ0v) is 8.47. The molecule has 6 N–H and O–H groups in total. The van der Waals surface area contributed by atoms with E-state index in [0.29, 0.717) is 11.1 Å². The molecule has 0 aromatic heterocycles. The van der Waals surface area contributed by atoms with Crippen LogP contribution in [0, 0.1) is 5.41 Å². The summed E-state index contributed by atoms with van der Waals surface area (Å²) in [6.45, 7) is 0. The first-order chi connectivity index (χ1) is 7.54. The molecule has 0 heterocycles. The zero-order chi connectivity index (χ0) is 12.1. The van der Waals surface area contributed by atoms with Gasteiger partial charge in [-0.1, -0.05) is 18.2 Å². The topological polar surface area (TPSA) is 119 Å². The van der Waals surface area contributed by atoms with Crippen molar-refractivity contribution in [1.82, 2.24) is 5.48 Å². The van der Waals surface area contributed by atoms with Gasteiger partial charge in [0.25, 0.3) is 0 Å². The average Bonchev–Trinajstić information content (AvgIpc) is 2.28. The minimum Gasteiger partial charge on any atom is -0.480 e. The highest BCUT2D eigenvalue weighted by molar-refractivity contribution is 5.95. The van der Waals surface area contributed by atoms with Crippen LogP contribution >= 0.6 is 0 Å². The third-order valence-electron chi connectivity index (χ3n) is 2.10. The molecule has 86 valence electrons. The van der Waals surface area contributed by atoms with Crippen LogP contribution < -0.4 is 11.2 Å². The predicted molar refractivity (Wildman–Crippen MR) is 57.5 cm³/mol. The lowest BCUT2D eigenvalue weighted by molar-refractivity contribution is -0.138. The predicted octanol–water partition coefficient (Wildman–Crippen LogP) is -0.0548. The Kier molecular flexibility index (Phi) is 3.98. The minimum atomic E-state index is -1.07. The van der Waals surface area contributed by atoms with E-state index in [0.717, 1.165) is 0 Å². The van der Waals surface area contributed by atoms with E-state index >= 15 is 0 Å². The second-order valence-corrected chi connectivity index (χ2v) is 3.34. The van der Waals surface area contributed by atoms with Gasteiger partial charge in [-0.15, -0.1) is 0 Å². The number of nitrogens with two attached hydrogens (primary N) is 1. The number of rotatable bonds is 4. The van der Waals surface area contributed by atoms with E-state index in [-0.39, 0.29) is 12.3 Å². The summed E-state index contributed by atoms with van der Waals surface area (Å²) in [7, 11) is 0. The van der Waals surface area contributed by atoms with Crippen molar-refractivity contribution in [2.75, 3.05) is 0 Å². The molecule has 16 heavy (non-hydrogen) atoms. The van der Waals surface area contributed by atoms with Crippen molar-refractivity contribution in [3.8, 4) is 0 Å². The first-order valence-electron chi connectivity index (χ1n) is 4.61. The van der Waals surface area contributed by atoms with Gasteiger partial charge in [0, 0.05) is 5.56 Å². The van der Waals surface area contributed by atoms with E-state index in [1.54, 1.807) is 29.7 Å². The Balaban J connectivity index is 2.82. The van der Waals surface area contributed by atoms with Crippen LogP contribution in [0.15, 0.2) is 24.3 Å². The standard InChI is InChI=1S/C10H13N3O3/c11-8(10(14)15)5-6-2-1-3-7(4-6)9(12)13-16/h1-4,8,16H,5,11H2,(H2,12,13)(H,14,15)/t8-/m1/s1. The van der Waals surface area contributed by atoms with Crippen molar-refractivity contribution in [3.05, 3.63) is 35.4 Å². The third kappa shape index (κ3) is 3.04. The number of amidine groups is 1. The number of aliphatic carboxylic acids is 1. The summed E-state index contributed by atoms with van der Waals surface area (Å²) in [5, 5.41) is 24.5. The van der Waals surface area contributed by atoms with Crippen LogP contribution in [0.5, 0.6) is 0 Å². The summed E-state index contributed by atoms with van der Waals surface area (Å²) in [5.74, 6) is -1.22. The Bertz CT molecular complexity index is 406. The van der Waals surface area contributed by atoms with Crippen molar-refractivity contribution in [2.45, 2.75) is 12.5 Å². The Morgan fingerprint density at radius 3 is 2.81 bits per heavy atom. The maximum atomic E-state index is 10.6. The van der Waals surface area contributed by atoms with Crippen molar-refractivity contribution >= 4 is 11.8 Å². The minimum absolute atomic E-state index is 0.147. The molecule has 0 radical (unpaired) electrons. The van der Waals surface area contributed by atoms with Gasteiger partial charge >= 0.3 is 5.97 Å². The highest BCUT2D eigenvalue weighted by Crippen LogP contribution is 2.07. The molecule has 6 nitrogen and oxygen atoms in total. The van der Waals surface area contributed by atoms with E-state index in [4.69, 9.17) is 21.5 Å². The molecule has 0 aliphatic rings. The molecule has 1 atom stereocenters. The van der Waals surface area contributed by atoms with Gasteiger partial charge in [-0.3, -0.25) is 20.9 Å². The second kappa shape index (κ2) is 5.24. The van der Waals surface area contributed by atoms with Crippen LogP contribution in [0.1, 0.15) is 11.1 Å². The molecule has 0 amide bonds. The number of hydrogen-bond acceptors (Lipinski definition) is 4. The Morgan fingerprint density at radius 2 is 2.25 bits per heavy atom. The molecule has 1 rings (SSSR count). The number of carbonyl (C=O) groups is 1. The summed E-state index contributed by atoms with van der Waals surface area (Å²) in [4.78, 5) is 10.6. The second-order valence-electron chi connectivity index (χ2n) is 3.34. The molecule has 0 aliphatic carbocycles. The molecule has 0 saturated carbocycles. The lowest BCUT2D eigenvalue weighted by atomic mass is 10.0. The smallest absolute Gasteiger partial charge is 0.320 e. The largest absolute Gasteiger partial charge is 0.480 e. The van der Waals surface area contributed by atoms with Crippen LogP contribution in [-0.2, 0) is 11.2 Å². The average molecular weight is 223 g/mol. The Morgan fingerprint density at radius 1 is 1.56 bits per heavy atom. The number of benzene rings is 1. The van der Waals surface area contributed by atoms with Crippen LogP contribution in [0.2, 0.25) is 0 Å². The lowest BCUT2D eigenvalue weighted by Crippen LogP contribution is -2.32. The van der Waals surface area contributed by atoms with Gasteiger partial charge < -0.3 is 10.8 Å². The van der Waals surface area contributed by atoms with Crippen molar-refractivity contribution in [1.29, 1.82) is 5.41 Å². The van der Waals surface area contributed by atoms with Gasteiger partial charge in [0.05, 0.1) is 0 Å². The van der Waals surface area contributed by atoms with Crippen molar-refractivity contribution in [2.24, 2.45) is 5.73 Å². The molecule has 0 spiro atoms. The fourth-order valence-corrected chi connectivity index (χ4v) is 1.26. The van der Waals surface area contributed by atoms with Gasteiger partial charge in [0.2, 0.25) is 0 Å². The Hall–Kier alpha value is -1.92. The summed E-state index contributed by atoms with van der Waals surface area (Å²) in [5.41, 5.74) is 8.28. The van der Waals surface area contributed by atoms with Gasteiger partial charge in [-0.05, 0) is 18.1 Å². The van der Waals surface area contributed by atoms with E-state index in [1.165, 1.54) is 0 Å². The molecular formula is C10H13N3O3. The molecule has 6 heteroatoms. The van der Waals surface area contributed by atoms with Crippen LogP contribution in [0.4, 0.5) is 0 Å². The normalized spacial score (nSPS) is 11.9. The zero-order valence-electron chi connectivity index (χ0n) is 8.47. The molecule has 0 aliphatic heterocycles. The third-order valence-corrected chi connectivity index (χ3v) is 2.10. The quantitative estimate of drug-likeness (QED) is 0.278. The Labute approximate surface area is 92.2 Å². The van der Waals surface area contributed by atoms with Crippen LogP contribution in [0.3, 0.4) is 0 Å². The van der Waals surface area contributed by atoms with Crippen LogP contribution in [-0.4, -0.2) is 28.2 Å². The van der Waals surface area contributed by atoms with Crippen LogP contribution in [0.25, 0.3) is 0 Å². The highest BCUT2D eigenvalue weighted by Gasteiger charge is 2.12. The van der Waals surface area contributed by atoms with Gasteiger partial charge in [-0.25, -0.2) is 0 Å². The monoisotopic (exact) mass is 223 g/mol. The number of hydroxylamine groups is 1. The number of nitrogens with one attached hydrogen (secondary N) is 2. The molecule has 0 fully saturated rings. The van der Waals surface area contributed by atoms with Crippen molar-refractivity contribution < 1.29 is 15.1 Å². The maximum Gasteiger partial charge on any atom is 0.320 e. The van der Waals surface area contributed by atoms with Gasteiger partial charge in [0.15, 0.2) is 0 Å². The van der Waals surface area contributed by atoms with E-state index in [9.17, 15) is 4.79 Å². The maximum absolute atomic E-state index is 10.6. The summed E-state index contributed by atoms with van der Waals surface area (Å²) >= 11 is 0. The fraction of sp³-hybridized carbons (Fsp3) is 0.200. The van der Waals surface area contributed by atoms with E-state index in [2.05, 4.69) is 0 Å². The molecule has 1 aromatic carbocycles.